The molecule has 2 aliphatic carbocycles. The normalized spacial score (nSPS) is 26.2. The van der Waals surface area contributed by atoms with Crippen molar-refractivity contribution in [1.29, 1.82) is 0 Å². The van der Waals surface area contributed by atoms with Crippen LogP contribution in [0.4, 0.5) is 0 Å². The molecule has 3 N–H and O–H groups in total. The summed E-state index contributed by atoms with van der Waals surface area (Å²) in [4.78, 5) is 44.5. The highest BCUT2D eigenvalue weighted by Gasteiger charge is 2.73. The summed E-state index contributed by atoms with van der Waals surface area (Å²) in [5, 5.41) is 32.2. The molecule has 6 nitrogen and oxygen atoms in total. The molecule has 0 aliphatic heterocycles. The van der Waals surface area contributed by atoms with E-state index in [2.05, 4.69) is 12.2 Å². The Morgan fingerprint density at radius 1 is 0.818 bits per heavy atom. The van der Waals surface area contributed by atoms with Gasteiger partial charge >= 0.3 is 0 Å². The third kappa shape index (κ3) is 6.13. The first kappa shape index (κ1) is 34.8. The van der Waals surface area contributed by atoms with Gasteiger partial charge < -0.3 is 15.3 Å². The number of aliphatic hydroxyl groups excluding tert-OH is 1. The van der Waals surface area contributed by atoms with Gasteiger partial charge in [0.25, 0.3) is 0 Å². The van der Waals surface area contributed by atoms with Crippen molar-refractivity contribution in [2.24, 2.45) is 22.2 Å². The van der Waals surface area contributed by atoms with E-state index in [1.54, 1.807) is 0 Å². The fourth-order valence-corrected chi connectivity index (χ4v) is 7.13. The number of aromatic hydroxyl groups is 2. The topological polar surface area (TPSA) is 112 Å². The number of rotatable bonds is 11. The molecule has 0 unspecified atom stereocenters. The van der Waals surface area contributed by atoms with Gasteiger partial charge in [-0.2, -0.15) is 0 Å². The molecular formula is C38H50O6. The standard InChI is InChI=1S/C38H50O6/c1-23(2)11-10-18-36(9)28(14-12-24(3)4)22-37(19-16-25(5)6)33(42)31(32(41)27-13-15-29(39)30(40)21-27)34(43)38(36,35(37)44)20-17-26(7)8/h11-13,15-17,21,28,39-40,42H,10,14,18-20,22H2,1-9H3/t28-,36-,37-,38+/m0/s1. The minimum Gasteiger partial charge on any atom is -0.510 e. The van der Waals surface area contributed by atoms with Gasteiger partial charge in [-0.15, -0.1) is 0 Å². The van der Waals surface area contributed by atoms with E-state index < -0.39 is 50.6 Å². The summed E-state index contributed by atoms with van der Waals surface area (Å²) in [7, 11) is 0. The summed E-state index contributed by atoms with van der Waals surface area (Å²) in [6.07, 6.45) is 10.5. The van der Waals surface area contributed by atoms with Crippen LogP contribution in [0.1, 0.15) is 111 Å². The average Bonchev–Trinajstić information content (AvgIpc) is 2.92. The smallest absolute Gasteiger partial charge is 0.200 e. The zero-order chi connectivity index (χ0) is 33.2. The van der Waals surface area contributed by atoms with Gasteiger partial charge in [-0.1, -0.05) is 53.5 Å². The van der Waals surface area contributed by atoms with Gasteiger partial charge in [0.05, 0.1) is 5.41 Å². The highest BCUT2D eigenvalue weighted by atomic mass is 16.3. The quantitative estimate of drug-likeness (QED) is 0.0766. The van der Waals surface area contributed by atoms with Crippen molar-refractivity contribution >= 4 is 17.3 Å². The molecule has 4 atom stereocenters. The number of fused-ring (bicyclic) bond motifs is 2. The maximum absolute atomic E-state index is 15.2. The molecule has 238 valence electrons. The highest BCUT2D eigenvalue weighted by Crippen LogP contribution is 2.68. The molecular weight excluding hydrogens is 552 g/mol. The van der Waals surface area contributed by atoms with Crippen molar-refractivity contribution in [1.82, 2.24) is 0 Å². The van der Waals surface area contributed by atoms with Crippen molar-refractivity contribution < 1.29 is 29.7 Å². The molecule has 6 heteroatoms. The first-order chi connectivity index (χ1) is 20.4. The number of benzene rings is 1. The predicted molar refractivity (Wildman–Crippen MR) is 176 cm³/mol. The number of hydrogen-bond donors (Lipinski definition) is 3. The van der Waals surface area contributed by atoms with Gasteiger partial charge in [0.15, 0.2) is 28.8 Å². The number of phenolic OH excluding ortho intramolecular Hbond substituents is 2. The van der Waals surface area contributed by atoms with Gasteiger partial charge in [-0.05, 0) is 123 Å². The third-order valence-corrected chi connectivity index (χ3v) is 9.76. The van der Waals surface area contributed by atoms with Crippen molar-refractivity contribution in [3.8, 4) is 11.5 Å². The van der Waals surface area contributed by atoms with Gasteiger partial charge in [-0.25, -0.2) is 0 Å². The van der Waals surface area contributed by atoms with E-state index in [1.165, 1.54) is 12.1 Å². The van der Waals surface area contributed by atoms with Crippen LogP contribution in [0.15, 0.2) is 76.1 Å². The van der Waals surface area contributed by atoms with E-state index in [0.29, 0.717) is 19.3 Å². The molecule has 0 aromatic heterocycles. The van der Waals surface area contributed by atoms with Crippen LogP contribution in [0.5, 0.6) is 11.5 Å². The van der Waals surface area contributed by atoms with Gasteiger partial charge in [-0.3, -0.25) is 14.4 Å². The van der Waals surface area contributed by atoms with Crippen LogP contribution in [-0.2, 0) is 9.59 Å². The number of carbonyl (C=O) groups excluding carboxylic acids is 3. The number of Topliss-reactive ketones (excluding diaryl/α,β-unsaturated/α-hetero) is 3. The molecule has 0 amide bonds. The molecule has 1 saturated carbocycles. The zero-order valence-electron chi connectivity index (χ0n) is 27.9. The first-order valence-electron chi connectivity index (χ1n) is 15.6. The highest BCUT2D eigenvalue weighted by molar-refractivity contribution is 6.35. The molecule has 1 aromatic rings. The van der Waals surface area contributed by atoms with Crippen LogP contribution in [0, 0.1) is 22.2 Å². The van der Waals surface area contributed by atoms with Gasteiger partial charge in [0.2, 0.25) is 0 Å². The molecule has 0 spiro atoms. The first-order valence-corrected chi connectivity index (χ1v) is 15.6. The summed E-state index contributed by atoms with van der Waals surface area (Å²) in [6.45, 7) is 17.8. The number of carbonyl (C=O) groups is 3. The lowest BCUT2D eigenvalue weighted by molar-refractivity contribution is -0.174. The lowest BCUT2D eigenvalue weighted by Crippen LogP contribution is -2.67. The van der Waals surface area contributed by atoms with Gasteiger partial charge in [0.1, 0.15) is 16.7 Å². The van der Waals surface area contributed by atoms with E-state index in [4.69, 9.17) is 0 Å². The lowest BCUT2D eigenvalue weighted by atomic mass is 9.38. The van der Waals surface area contributed by atoms with Gasteiger partial charge in [0, 0.05) is 5.56 Å². The monoisotopic (exact) mass is 602 g/mol. The summed E-state index contributed by atoms with van der Waals surface area (Å²) >= 11 is 0. The average molecular weight is 603 g/mol. The van der Waals surface area contributed by atoms with E-state index in [9.17, 15) is 20.1 Å². The second-order valence-corrected chi connectivity index (χ2v) is 14.0. The van der Waals surface area contributed by atoms with E-state index >= 15 is 9.59 Å². The van der Waals surface area contributed by atoms with Crippen LogP contribution in [0.2, 0.25) is 0 Å². The minimum atomic E-state index is -1.61. The molecule has 3 rings (SSSR count). The summed E-state index contributed by atoms with van der Waals surface area (Å²) in [5.74, 6) is -3.29. The fourth-order valence-electron chi connectivity index (χ4n) is 7.13. The van der Waals surface area contributed by atoms with Crippen molar-refractivity contribution in [3.05, 3.63) is 81.7 Å². The van der Waals surface area contributed by atoms with Crippen molar-refractivity contribution in [2.75, 3.05) is 0 Å². The van der Waals surface area contributed by atoms with Crippen LogP contribution in [-0.4, -0.2) is 32.7 Å². The molecule has 0 heterocycles. The zero-order valence-corrected chi connectivity index (χ0v) is 27.9. The Hall–Kier alpha value is -3.67. The minimum absolute atomic E-state index is 0.0512. The molecule has 1 aromatic carbocycles. The Labute approximate surface area is 263 Å². The number of hydrogen-bond acceptors (Lipinski definition) is 6. The van der Waals surface area contributed by atoms with E-state index in [0.717, 1.165) is 28.4 Å². The Balaban J connectivity index is 2.49. The Morgan fingerprint density at radius 2 is 1.39 bits per heavy atom. The fraction of sp³-hybridized carbons (Fsp3) is 0.500. The van der Waals surface area contributed by atoms with Crippen LogP contribution >= 0.6 is 0 Å². The third-order valence-electron chi connectivity index (χ3n) is 9.76. The maximum atomic E-state index is 15.2. The number of allylic oxidation sites excluding steroid dienone is 10. The Morgan fingerprint density at radius 3 is 1.93 bits per heavy atom. The number of ketones is 3. The van der Waals surface area contributed by atoms with E-state index in [-0.39, 0.29) is 36.5 Å². The largest absolute Gasteiger partial charge is 0.510 e. The molecule has 2 bridgehead atoms. The molecule has 1 fully saturated rings. The number of aliphatic hydroxyl groups is 1. The van der Waals surface area contributed by atoms with Crippen LogP contribution in [0.25, 0.3) is 0 Å². The number of phenols is 2. The molecule has 44 heavy (non-hydrogen) atoms. The second kappa shape index (κ2) is 13.1. The molecule has 0 saturated heterocycles. The van der Waals surface area contributed by atoms with Crippen molar-refractivity contribution in [2.45, 2.75) is 101 Å². The maximum Gasteiger partial charge on any atom is 0.200 e. The Kier molecular flexibility index (Phi) is 10.4. The van der Waals surface area contributed by atoms with Crippen molar-refractivity contribution in [3.63, 3.8) is 0 Å². The predicted octanol–water partition coefficient (Wildman–Crippen LogP) is 9.06. The van der Waals surface area contributed by atoms with E-state index in [1.807, 2.05) is 74.5 Å². The molecule has 2 aliphatic rings. The van der Waals surface area contributed by atoms with Crippen LogP contribution in [0.3, 0.4) is 0 Å². The lowest BCUT2D eigenvalue weighted by Gasteiger charge is -2.61. The summed E-state index contributed by atoms with van der Waals surface area (Å²) in [5.41, 5.74) is -0.192. The Bertz CT molecular complexity index is 1480. The summed E-state index contributed by atoms with van der Waals surface area (Å²) in [6, 6.07) is 3.58. The SMILES string of the molecule is CC(C)=CCC[C@@]1(C)[C@@H](CC=C(C)C)C[C@]2(CC=C(C)C)C(=O)[C@@]1(CC=C(C)C)C(=O)C(C(=O)c1ccc(O)c(O)c1)=C2O. The summed E-state index contributed by atoms with van der Waals surface area (Å²) < 4.78 is 0. The second-order valence-electron chi connectivity index (χ2n) is 14.0. The van der Waals surface area contributed by atoms with Crippen LogP contribution < -0.4 is 0 Å². The molecule has 0 radical (unpaired) electrons.